The number of benzene rings is 2. The topological polar surface area (TPSA) is 87.3 Å². The number of rotatable bonds is 5. The Kier molecular flexibility index (Phi) is 4.24. The molecule has 0 atom stereocenters. The van der Waals surface area contributed by atoms with Crippen molar-refractivity contribution in [2.75, 3.05) is 6.61 Å². The maximum absolute atomic E-state index is 12.4. The molecule has 1 aromatic heterocycles. The second kappa shape index (κ2) is 6.49. The van der Waals surface area contributed by atoms with E-state index < -0.39 is 4.92 Å². The minimum atomic E-state index is -0.531. The van der Waals surface area contributed by atoms with Gasteiger partial charge in [-0.1, -0.05) is 17.7 Å². The molecule has 0 N–H and O–H groups in total. The highest BCUT2D eigenvalue weighted by molar-refractivity contribution is 5.79. The maximum Gasteiger partial charge on any atom is 0.270 e. The predicted octanol–water partition coefficient (Wildman–Crippen LogP) is 2.69. The van der Waals surface area contributed by atoms with Gasteiger partial charge in [0.05, 0.1) is 28.7 Å². The van der Waals surface area contributed by atoms with Gasteiger partial charge in [0.15, 0.2) is 0 Å². The van der Waals surface area contributed by atoms with Crippen LogP contribution in [0.2, 0.25) is 0 Å². The van der Waals surface area contributed by atoms with Crippen molar-refractivity contribution in [2.45, 2.75) is 13.5 Å². The molecule has 3 aromatic rings. The Bertz CT molecular complexity index is 948. The van der Waals surface area contributed by atoms with E-state index in [9.17, 15) is 14.9 Å². The summed E-state index contributed by atoms with van der Waals surface area (Å²) in [4.78, 5) is 26.9. The van der Waals surface area contributed by atoms with Crippen molar-refractivity contribution in [3.05, 3.63) is 74.8 Å². The molecule has 24 heavy (non-hydrogen) atoms. The Morgan fingerprint density at radius 1 is 1.21 bits per heavy atom. The zero-order chi connectivity index (χ0) is 17.1. The summed E-state index contributed by atoms with van der Waals surface area (Å²) in [5, 5.41) is 11.1. The van der Waals surface area contributed by atoms with Crippen LogP contribution in [0.1, 0.15) is 5.56 Å². The van der Waals surface area contributed by atoms with E-state index in [-0.39, 0.29) is 16.6 Å². The third kappa shape index (κ3) is 3.24. The zero-order valence-electron chi connectivity index (χ0n) is 13.0. The SMILES string of the molecule is Cc1ccc(OCCn2cnc3ccc([N+](=O)[O-])cc3c2=O)cc1. The highest BCUT2D eigenvalue weighted by Crippen LogP contribution is 2.16. The van der Waals surface area contributed by atoms with Crippen LogP contribution in [0, 0.1) is 17.0 Å². The third-order valence-corrected chi connectivity index (χ3v) is 3.64. The van der Waals surface area contributed by atoms with Gasteiger partial charge in [0.1, 0.15) is 12.4 Å². The minimum Gasteiger partial charge on any atom is -0.492 e. The van der Waals surface area contributed by atoms with E-state index in [1.54, 1.807) is 0 Å². The summed E-state index contributed by atoms with van der Waals surface area (Å²) in [5.74, 6) is 0.720. The van der Waals surface area contributed by atoms with Crippen molar-refractivity contribution in [3.8, 4) is 5.75 Å². The van der Waals surface area contributed by atoms with Crippen molar-refractivity contribution in [1.82, 2.24) is 9.55 Å². The number of aryl methyl sites for hydroxylation is 1. The molecular formula is C17H15N3O4. The number of non-ortho nitro benzene ring substituents is 1. The standard InChI is InChI=1S/C17H15N3O4/c1-12-2-5-14(6-3-12)24-9-8-19-11-18-16-7-4-13(20(22)23)10-15(16)17(19)21/h2-7,10-11H,8-9H2,1H3. The van der Waals surface area contributed by atoms with Crippen LogP contribution in [0.5, 0.6) is 5.75 Å². The van der Waals surface area contributed by atoms with E-state index >= 15 is 0 Å². The van der Waals surface area contributed by atoms with Gasteiger partial charge in [-0.2, -0.15) is 0 Å². The van der Waals surface area contributed by atoms with E-state index in [1.807, 2.05) is 31.2 Å². The molecule has 1 heterocycles. The number of aromatic nitrogens is 2. The van der Waals surface area contributed by atoms with Gasteiger partial charge in [-0.3, -0.25) is 19.5 Å². The number of hydrogen-bond acceptors (Lipinski definition) is 5. The van der Waals surface area contributed by atoms with Crippen molar-refractivity contribution in [2.24, 2.45) is 0 Å². The molecule has 0 aliphatic carbocycles. The van der Waals surface area contributed by atoms with Gasteiger partial charge in [-0.15, -0.1) is 0 Å². The quantitative estimate of drug-likeness (QED) is 0.531. The second-order valence-corrected chi connectivity index (χ2v) is 5.36. The first-order valence-corrected chi connectivity index (χ1v) is 7.37. The van der Waals surface area contributed by atoms with Crippen LogP contribution in [-0.4, -0.2) is 21.1 Å². The van der Waals surface area contributed by atoms with Crippen molar-refractivity contribution >= 4 is 16.6 Å². The van der Waals surface area contributed by atoms with E-state index in [0.29, 0.717) is 18.7 Å². The highest BCUT2D eigenvalue weighted by Gasteiger charge is 2.10. The number of hydrogen-bond donors (Lipinski definition) is 0. The van der Waals surface area contributed by atoms with Crippen LogP contribution in [0.15, 0.2) is 53.6 Å². The van der Waals surface area contributed by atoms with Crippen molar-refractivity contribution in [1.29, 1.82) is 0 Å². The summed E-state index contributed by atoms with van der Waals surface area (Å²) in [6, 6.07) is 11.7. The van der Waals surface area contributed by atoms with E-state index in [1.165, 1.54) is 29.1 Å². The second-order valence-electron chi connectivity index (χ2n) is 5.36. The van der Waals surface area contributed by atoms with Crippen molar-refractivity contribution in [3.63, 3.8) is 0 Å². The lowest BCUT2D eigenvalue weighted by Crippen LogP contribution is -2.23. The van der Waals surface area contributed by atoms with Crippen molar-refractivity contribution < 1.29 is 9.66 Å². The van der Waals surface area contributed by atoms with Crippen LogP contribution >= 0.6 is 0 Å². The van der Waals surface area contributed by atoms with Crippen LogP contribution < -0.4 is 10.3 Å². The molecule has 7 nitrogen and oxygen atoms in total. The van der Waals surface area contributed by atoms with Crippen LogP contribution in [0.3, 0.4) is 0 Å². The molecule has 0 amide bonds. The molecule has 7 heteroatoms. The van der Waals surface area contributed by atoms with Gasteiger partial charge < -0.3 is 4.74 Å². The van der Waals surface area contributed by atoms with Gasteiger partial charge in [-0.05, 0) is 25.1 Å². The van der Waals surface area contributed by atoms with Gasteiger partial charge in [0, 0.05) is 12.1 Å². The third-order valence-electron chi connectivity index (χ3n) is 3.64. The molecule has 0 saturated carbocycles. The first kappa shape index (κ1) is 15.7. The monoisotopic (exact) mass is 325 g/mol. The summed E-state index contributed by atoms with van der Waals surface area (Å²) in [5.41, 5.74) is 1.12. The molecule has 0 aliphatic rings. The summed E-state index contributed by atoms with van der Waals surface area (Å²) < 4.78 is 6.99. The first-order valence-electron chi connectivity index (χ1n) is 7.37. The Hall–Kier alpha value is -3.22. The Morgan fingerprint density at radius 2 is 1.96 bits per heavy atom. The molecule has 122 valence electrons. The Balaban J connectivity index is 1.79. The molecule has 0 saturated heterocycles. The van der Waals surface area contributed by atoms with Crippen LogP contribution in [0.4, 0.5) is 5.69 Å². The maximum atomic E-state index is 12.4. The average Bonchev–Trinajstić information content (AvgIpc) is 2.58. The summed E-state index contributed by atoms with van der Waals surface area (Å²) in [6.07, 6.45) is 1.43. The van der Waals surface area contributed by atoms with Gasteiger partial charge in [0.2, 0.25) is 0 Å². The molecule has 0 bridgehead atoms. The first-order chi connectivity index (χ1) is 11.5. The summed E-state index contributed by atoms with van der Waals surface area (Å²) in [7, 11) is 0. The fraction of sp³-hybridized carbons (Fsp3) is 0.176. The number of nitrogens with zero attached hydrogens (tertiary/aromatic N) is 3. The van der Waals surface area contributed by atoms with Crippen LogP contribution in [0.25, 0.3) is 10.9 Å². The molecule has 2 aromatic carbocycles. The normalized spacial score (nSPS) is 10.7. The number of ether oxygens (including phenoxy) is 1. The minimum absolute atomic E-state index is 0.130. The lowest BCUT2D eigenvalue weighted by molar-refractivity contribution is -0.384. The zero-order valence-corrected chi connectivity index (χ0v) is 13.0. The molecule has 0 radical (unpaired) electrons. The fourth-order valence-electron chi connectivity index (χ4n) is 2.32. The molecule has 3 rings (SSSR count). The Morgan fingerprint density at radius 3 is 2.67 bits per heavy atom. The summed E-state index contributed by atoms with van der Waals surface area (Å²) in [6.45, 7) is 2.59. The highest BCUT2D eigenvalue weighted by atomic mass is 16.6. The van der Waals surface area contributed by atoms with E-state index in [4.69, 9.17) is 4.74 Å². The predicted molar refractivity (Wildman–Crippen MR) is 89.3 cm³/mol. The fourth-order valence-corrected chi connectivity index (χ4v) is 2.32. The number of nitro groups is 1. The van der Waals surface area contributed by atoms with Crippen LogP contribution in [-0.2, 0) is 6.54 Å². The molecular weight excluding hydrogens is 310 g/mol. The summed E-state index contributed by atoms with van der Waals surface area (Å²) >= 11 is 0. The Labute approximate surface area is 137 Å². The molecule has 0 spiro atoms. The van der Waals surface area contributed by atoms with E-state index in [0.717, 1.165) is 11.3 Å². The molecule has 0 fully saturated rings. The number of nitro benzene ring substituents is 1. The van der Waals surface area contributed by atoms with E-state index in [2.05, 4.69) is 4.98 Å². The lowest BCUT2D eigenvalue weighted by atomic mass is 10.2. The van der Waals surface area contributed by atoms with Gasteiger partial charge in [0.25, 0.3) is 11.2 Å². The van der Waals surface area contributed by atoms with Gasteiger partial charge >= 0.3 is 0 Å². The lowest BCUT2D eigenvalue weighted by Gasteiger charge is -2.09. The van der Waals surface area contributed by atoms with Gasteiger partial charge in [-0.25, -0.2) is 4.98 Å². The molecule has 0 unspecified atom stereocenters. The smallest absolute Gasteiger partial charge is 0.270 e. The number of fused-ring (bicyclic) bond motifs is 1. The molecule has 0 aliphatic heterocycles. The average molecular weight is 325 g/mol. The largest absolute Gasteiger partial charge is 0.492 e.